The van der Waals surface area contributed by atoms with E-state index in [9.17, 15) is 9.18 Å². The Labute approximate surface area is 161 Å². The van der Waals surface area contributed by atoms with E-state index in [1.165, 1.54) is 12.1 Å². The van der Waals surface area contributed by atoms with Crippen LogP contribution in [0.4, 0.5) is 4.39 Å². The molecular formula is C21H21FN2O2S. The molecule has 1 unspecified atom stereocenters. The summed E-state index contributed by atoms with van der Waals surface area (Å²) in [5.74, 6) is 0.506. The molecule has 0 spiro atoms. The molecule has 0 N–H and O–H groups in total. The molecule has 1 saturated heterocycles. The van der Waals surface area contributed by atoms with Crippen LogP contribution in [0.15, 0.2) is 52.4 Å². The van der Waals surface area contributed by atoms with E-state index in [0.29, 0.717) is 6.54 Å². The molecule has 1 atom stereocenters. The van der Waals surface area contributed by atoms with Crippen molar-refractivity contribution < 1.29 is 13.7 Å². The molecule has 27 heavy (non-hydrogen) atoms. The first-order valence-electron chi connectivity index (χ1n) is 9.25. The maximum absolute atomic E-state index is 13.1. The first kappa shape index (κ1) is 17.9. The summed E-state index contributed by atoms with van der Waals surface area (Å²) in [7, 11) is 0. The molecule has 2 aromatic heterocycles. The van der Waals surface area contributed by atoms with E-state index >= 15 is 0 Å². The lowest BCUT2D eigenvalue weighted by molar-refractivity contribution is -0.133. The van der Waals surface area contributed by atoms with Gasteiger partial charge in [0.25, 0.3) is 0 Å². The number of carbonyl (C=O) groups is 1. The average Bonchev–Trinajstić information content (AvgIpc) is 3.31. The van der Waals surface area contributed by atoms with Gasteiger partial charge in [0.05, 0.1) is 17.3 Å². The summed E-state index contributed by atoms with van der Waals surface area (Å²) in [5, 5.41) is 6.28. The summed E-state index contributed by atoms with van der Waals surface area (Å²) in [6.07, 6.45) is 4.30. The fourth-order valence-corrected chi connectivity index (χ4v) is 4.25. The second kappa shape index (κ2) is 8.05. The molecule has 3 heterocycles. The van der Waals surface area contributed by atoms with Crippen LogP contribution < -0.4 is 0 Å². The molecule has 0 aliphatic carbocycles. The lowest BCUT2D eigenvalue weighted by atomic mass is 10.0. The van der Waals surface area contributed by atoms with Crippen LogP contribution in [0.3, 0.4) is 0 Å². The number of rotatable bonds is 4. The van der Waals surface area contributed by atoms with Crippen LogP contribution >= 0.6 is 11.3 Å². The number of aromatic nitrogens is 1. The van der Waals surface area contributed by atoms with Crippen LogP contribution in [0.1, 0.15) is 43.0 Å². The van der Waals surface area contributed by atoms with Gasteiger partial charge in [-0.2, -0.15) is 0 Å². The number of nitrogens with zero attached hydrogens (tertiary/aromatic N) is 2. The van der Waals surface area contributed by atoms with Crippen molar-refractivity contribution in [3.8, 4) is 10.6 Å². The molecule has 4 nitrogen and oxygen atoms in total. The van der Waals surface area contributed by atoms with E-state index in [2.05, 4.69) is 5.16 Å². The van der Waals surface area contributed by atoms with Gasteiger partial charge in [0.2, 0.25) is 5.91 Å². The summed E-state index contributed by atoms with van der Waals surface area (Å²) in [4.78, 5) is 16.0. The quantitative estimate of drug-likeness (QED) is 0.619. The van der Waals surface area contributed by atoms with Gasteiger partial charge in [-0.25, -0.2) is 4.39 Å². The number of halogens is 1. The van der Waals surface area contributed by atoms with Crippen molar-refractivity contribution in [1.82, 2.24) is 10.1 Å². The van der Waals surface area contributed by atoms with Crippen LogP contribution in [0, 0.1) is 5.82 Å². The molecule has 6 heteroatoms. The van der Waals surface area contributed by atoms with Gasteiger partial charge >= 0.3 is 0 Å². The largest absolute Gasteiger partial charge is 0.355 e. The topological polar surface area (TPSA) is 46.3 Å². The molecule has 1 aliphatic heterocycles. The molecule has 0 saturated carbocycles. The number of thiophene rings is 1. The van der Waals surface area contributed by atoms with E-state index in [4.69, 9.17) is 4.52 Å². The maximum Gasteiger partial charge on any atom is 0.227 e. The van der Waals surface area contributed by atoms with Crippen LogP contribution in [-0.2, 0) is 11.2 Å². The Morgan fingerprint density at radius 2 is 2.07 bits per heavy atom. The van der Waals surface area contributed by atoms with Crippen LogP contribution in [0.25, 0.3) is 10.6 Å². The number of carbonyl (C=O) groups excluding carboxylic acids is 1. The zero-order valence-corrected chi connectivity index (χ0v) is 15.8. The predicted octanol–water partition coefficient (Wildman–Crippen LogP) is 5.23. The van der Waals surface area contributed by atoms with Gasteiger partial charge < -0.3 is 9.42 Å². The Balaban J connectivity index is 1.55. The summed E-state index contributed by atoms with van der Waals surface area (Å²) in [6, 6.07) is 12.0. The average molecular weight is 384 g/mol. The van der Waals surface area contributed by atoms with Crippen molar-refractivity contribution in [3.05, 3.63) is 64.9 Å². The van der Waals surface area contributed by atoms with E-state index in [1.807, 2.05) is 28.5 Å². The van der Waals surface area contributed by atoms with Crippen molar-refractivity contribution >= 4 is 17.2 Å². The minimum Gasteiger partial charge on any atom is -0.355 e. The first-order chi connectivity index (χ1) is 13.2. The number of likely N-dealkylation sites (tertiary alicyclic amines) is 1. The summed E-state index contributed by atoms with van der Waals surface area (Å²) >= 11 is 1.61. The number of benzene rings is 1. The van der Waals surface area contributed by atoms with Gasteiger partial charge in [-0.05, 0) is 42.0 Å². The summed E-state index contributed by atoms with van der Waals surface area (Å²) in [5.41, 5.74) is 1.64. The van der Waals surface area contributed by atoms with Gasteiger partial charge in [-0.3, -0.25) is 4.79 Å². The normalized spacial score (nSPS) is 17.7. The zero-order valence-electron chi connectivity index (χ0n) is 14.9. The summed E-state index contributed by atoms with van der Waals surface area (Å²) in [6.45, 7) is 0.714. The van der Waals surface area contributed by atoms with Crippen molar-refractivity contribution in [3.63, 3.8) is 0 Å². The summed E-state index contributed by atoms with van der Waals surface area (Å²) < 4.78 is 18.7. The minimum atomic E-state index is -0.289. The highest BCUT2D eigenvalue weighted by Crippen LogP contribution is 2.33. The van der Waals surface area contributed by atoms with E-state index in [-0.39, 0.29) is 24.2 Å². The fourth-order valence-electron chi connectivity index (χ4n) is 3.57. The third kappa shape index (κ3) is 4.11. The third-order valence-electron chi connectivity index (χ3n) is 4.98. The molecule has 1 amide bonds. The lowest BCUT2D eigenvalue weighted by Crippen LogP contribution is -2.36. The number of hydrogen-bond acceptors (Lipinski definition) is 4. The van der Waals surface area contributed by atoms with Gasteiger partial charge in [-0.1, -0.05) is 36.2 Å². The van der Waals surface area contributed by atoms with Crippen molar-refractivity contribution in [2.45, 2.75) is 38.1 Å². The molecule has 0 bridgehead atoms. The van der Waals surface area contributed by atoms with E-state index < -0.39 is 0 Å². The highest BCUT2D eigenvalue weighted by molar-refractivity contribution is 7.13. The lowest BCUT2D eigenvalue weighted by Gasteiger charge is -2.28. The second-order valence-corrected chi connectivity index (χ2v) is 7.80. The first-order valence-corrected chi connectivity index (χ1v) is 10.1. The monoisotopic (exact) mass is 384 g/mol. The van der Waals surface area contributed by atoms with Crippen molar-refractivity contribution in [2.75, 3.05) is 6.54 Å². The van der Waals surface area contributed by atoms with Gasteiger partial charge in [-0.15, -0.1) is 11.3 Å². The fraction of sp³-hybridized carbons (Fsp3) is 0.333. The SMILES string of the molecule is O=C(Cc1ccc(F)cc1)N1CCCCCC1c1cc(-c2cccs2)on1. The van der Waals surface area contributed by atoms with Crippen LogP contribution in [-0.4, -0.2) is 22.5 Å². The Hall–Kier alpha value is -2.47. The van der Waals surface area contributed by atoms with Crippen molar-refractivity contribution in [2.24, 2.45) is 0 Å². The van der Waals surface area contributed by atoms with Gasteiger partial charge in [0, 0.05) is 12.6 Å². The maximum atomic E-state index is 13.1. The van der Waals surface area contributed by atoms with Gasteiger partial charge in [0.15, 0.2) is 5.76 Å². The molecule has 0 radical (unpaired) electrons. The molecule has 4 rings (SSSR count). The third-order valence-corrected chi connectivity index (χ3v) is 5.86. The van der Waals surface area contributed by atoms with Crippen LogP contribution in [0.5, 0.6) is 0 Å². The minimum absolute atomic E-state index is 0.0502. The highest BCUT2D eigenvalue weighted by Gasteiger charge is 2.29. The van der Waals surface area contributed by atoms with E-state index in [0.717, 1.165) is 47.6 Å². The molecule has 1 aliphatic rings. The Morgan fingerprint density at radius 3 is 2.85 bits per heavy atom. The Morgan fingerprint density at radius 1 is 1.22 bits per heavy atom. The number of hydrogen-bond donors (Lipinski definition) is 0. The zero-order chi connectivity index (χ0) is 18.6. The molecule has 3 aromatic rings. The Kier molecular flexibility index (Phi) is 5.34. The van der Waals surface area contributed by atoms with Crippen molar-refractivity contribution in [1.29, 1.82) is 0 Å². The van der Waals surface area contributed by atoms with Gasteiger partial charge in [0.1, 0.15) is 11.5 Å². The number of amides is 1. The second-order valence-electron chi connectivity index (χ2n) is 6.85. The highest BCUT2D eigenvalue weighted by atomic mass is 32.1. The Bertz CT molecular complexity index is 889. The smallest absolute Gasteiger partial charge is 0.227 e. The molecule has 1 fully saturated rings. The molecular weight excluding hydrogens is 363 g/mol. The molecule has 140 valence electrons. The van der Waals surface area contributed by atoms with E-state index in [1.54, 1.807) is 23.5 Å². The predicted molar refractivity (Wildman–Crippen MR) is 103 cm³/mol. The standard InChI is InChI=1S/C21H21FN2O2S/c22-16-9-7-15(8-10-16)13-21(25)24-11-3-1-2-5-18(24)17-14-19(26-23-17)20-6-4-12-27-20/h4,6-10,12,14,18H,1-3,5,11,13H2. The molecule has 1 aromatic carbocycles. The van der Waals surface area contributed by atoms with Crippen LogP contribution in [0.2, 0.25) is 0 Å².